The van der Waals surface area contributed by atoms with Gasteiger partial charge in [-0.3, -0.25) is 0 Å². The van der Waals surface area contributed by atoms with E-state index < -0.39 is 12.0 Å². The van der Waals surface area contributed by atoms with Crippen LogP contribution >= 0.6 is 0 Å². The Bertz CT molecular complexity index is 291. The van der Waals surface area contributed by atoms with Gasteiger partial charge in [-0.2, -0.15) is 0 Å². The van der Waals surface area contributed by atoms with Gasteiger partial charge in [-0.25, -0.2) is 0 Å². The lowest BCUT2D eigenvalue weighted by Gasteiger charge is -2.21. The monoisotopic (exact) mass is 199 g/mol. The molecule has 1 atom stereocenters. The van der Waals surface area contributed by atoms with Crippen molar-refractivity contribution in [2.24, 2.45) is 5.73 Å². The van der Waals surface area contributed by atoms with Gasteiger partial charge in [0.25, 0.3) is 5.97 Å². The van der Waals surface area contributed by atoms with Gasteiger partial charge in [0.2, 0.25) is 0 Å². The first kappa shape index (κ1) is 10.9. The van der Waals surface area contributed by atoms with Crippen LogP contribution in [0.15, 0.2) is 24.3 Å². The van der Waals surface area contributed by atoms with Crippen molar-refractivity contribution in [2.45, 2.75) is 18.4 Å². The number of hydrogen-bond acceptors (Lipinski definition) is 5. The maximum atomic E-state index is 8.97. The Balaban J connectivity index is 2.65. The van der Waals surface area contributed by atoms with Crippen LogP contribution in [0.25, 0.3) is 0 Å². The van der Waals surface area contributed by atoms with E-state index in [1.54, 1.807) is 12.1 Å². The lowest BCUT2D eigenvalue weighted by atomic mass is 10.1. The molecule has 1 aromatic rings. The van der Waals surface area contributed by atoms with E-state index in [2.05, 4.69) is 0 Å². The van der Waals surface area contributed by atoms with Crippen LogP contribution in [0.2, 0.25) is 0 Å². The number of phenols is 1. The summed E-state index contributed by atoms with van der Waals surface area (Å²) >= 11 is 0. The topological polar surface area (TPSA) is 107 Å². The average Bonchev–Trinajstić information content (AvgIpc) is 2.07. The smallest absolute Gasteiger partial charge is 0.291 e. The van der Waals surface area contributed by atoms with Crippen LogP contribution < -0.4 is 5.73 Å². The molecule has 0 amide bonds. The molecule has 0 saturated heterocycles. The quantitative estimate of drug-likeness (QED) is 0.397. The fraction of sp³-hybridized carbons (Fsp3) is 0.333. The highest BCUT2D eigenvalue weighted by Gasteiger charge is 2.28. The number of phenolic OH excluding ortho intramolecular Hbond substituents is 1. The summed E-state index contributed by atoms with van der Waals surface area (Å²) in [6, 6.07) is 4.89. The Hall–Kier alpha value is -1.14. The summed E-state index contributed by atoms with van der Waals surface area (Å²) in [5.41, 5.74) is 6.00. The van der Waals surface area contributed by atoms with Gasteiger partial charge in [-0.05, 0) is 24.1 Å². The first-order valence-electron chi connectivity index (χ1n) is 4.10. The first-order valence-corrected chi connectivity index (χ1v) is 4.10. The van der Waals surface area contributed by atoms with Gasteiger partial charge >= 0.3 is 0 Å². The van der Waals surface area contributed by atoms with Gasteiger partial charge in [0.05, 0.1) is 6.04 Å². The van der Waals surface area contributed by atoms with Crippen molar-refractivity contribution in [2.75, 3.05) is 0 Å². The second-order valence-electron chi connectivity index (χ2n) is 3.16. The van der Waals surface area contributed by atoms with Gasteiger partial charge < -0.3 is 26.2 Å². The number of benzene rings is 1. The molecule has 0 heterocycles. The summed E-state index contributed by atoms with van der Waals surface area (Å²) in [7, 11) is 0. The Kier molecular flexibility index (Phi) is 3.07. The second-order valence-corrected chi connectivity index (χ2v) is 3.16. The van der Waals surface area contributed by atoms with Crippen molar-refractivity contribution in [1.29, 1.82) is 0 Å². The molecular weight excluding hydrogens is 186 g/mol. The molecule has 0 saturated carbocycles. The summed E-state index contributed by atoms with van der Waals surface area (Å²) in [4.78, 5) is 0. The molecule has 0 bridgehead atoms. The third-order valence-electron chi connectivity index (χ3n) is 1.89. The summed E-state index contributed by atoms with van der Waals surface area (Å²) in [6.07, 6.45) is 0.101. The fourth-order valence-corrected chi connectivity index (χ4v) is 1.02. The van der Waals surface area contributed by atoms with Crippen LogP contribution in [0.3, 0.4) is 0 Å². The first-order chi connectivity index (χ1) is 6.39. The van der Waals surface area contributed by atoms with Crippen LogP contribution in [0.5, 0.6) is 5.75 Å². The van der Waals surface area contributed by atoms with Crippen LogP contribution in [-0.4, -0.2) is 32.4 Å². The maximum Gasteiger partial charge on any atom is 0.291 e. The highest BCUT2D eigenvalue weighted by atomic mass is 16.7. The molecule has 78 valence electrons. The van der Waals surface area contributed by atoms with Crippen LogP contribution in [-0.2, 0) is 6.42 Å². The molecule has 1 rings (SSSR count). The van der Waals surface area contributed by atoms with Gasteiger partial charge in [-0.15, -0.1) is 0 Å². The summed E-state index contributed by atoms with van der Waals surface area (Å²) < 4.78 is 0. The number of hydrogen-bond donors (Lipinski definition) is 5. The van der Waals surface area contributed by atoms with E-state index in [9.17, 15) is 0 Å². The Morgan fingerprint density at radius 3 is 2.07 bits per heavy atom. The number of rotatable bonds is 3. The zero-order chi connectivity index (χ0) is 10.8. The molecule has 6 N–H and O–H groups in total. The third-order valence-corrected chi connectivity index (χ3v) is 1.89. The van der Waals surface area contributed by atoms with Crippen molar-refractivity contribution in [3.63, 3.8) is 0 Å². The van der Waals surface area contributed by atoms with E-state index in [4.69, 9.17) is 26.2 Å². The average molecular weight is 199 g/mol. The molecule has 14 heavy (non-hydrogen) atoms. The number of nitrogens with two attached hydrogens (primary N) is 1. The van der Waals surface area contributed by atoms with Gasteiger partial charge in [0, 0.05) is 0 Å². The molecular formula is C9H13NO4. The Labute approximate surface area is 81.0 Å². The molecule has 0 aliphatic carbocycles. The van der Waals surface area contributed by atoms with Gasteiger partial charge in [-0.1, -0.05) is 12.1 Å². The minimum atomic E-state index is -2.88. The molecule has 1 aromatic carbocycles. The summed E-state index contributed by atoms with van der Waals surface area (Å²) in [5, 5.41) is 35.2. The molecule has 5 nitrogen and oxygen atoms in total. The van der Waals surface area contributed by atoms with E-state index in [-0.39, 0.29) is 12.2 Å². The molecule has 0 unspecified atom stereocenters. The summed E-state index contributed by atoms with van der Waals surface area (Å²) in [6.45, 7) is 0. The summed E-state index contributed by atoms with van der Waals surface area (Å²) in [5.74, 6) is -2.76. The van der Waals surface area contributed by atoms with Crippen LogP contribution in [0.4, 0.5) is 0 Å². The Morgan fingerprint density at radius 2 is 1.64 bits per heavy atom. The van der Waals surface area contributed by atoms with Crippen molar-refractivity contribution < 1.29 is 20.4 Å². The van der Waals surface area contributed by atoms with Crippen molar-refractivity contribution in [1.82, 2.24) is 0 Å². The van der Waals surface area contributed by atoms with Crippen LogP contribution in [0, 0.1) is 0 Å². The van der Waals surface area contributed by atoms with Gasteiger partial charge in [0.1, 0.15) is 5.75 Å². The lowest BCUT2D eigenvalue weighted by Crippen LogP contribution is -2.49. The molecule has 0 spiro atoms. The van der Waals surface area contributed by atoms with Crippen LogP contribution in [0.1, 0.15) is 5.56 Å². The lowest BCUT2D eigenvalue weighted by molar-refractivity contribution is -0.322. The Morgan fingerprint density at radius 1 is 1.14 bits per heavy atom. The largest absolute Gasteiger partial charge is 0.508 e. The molecule has 0 aromatic heterocycles. The van der Waals surface area contributed by atoms with Gasteiger partial charge in [0.15, 0.2) is 0 Å². The zero-order valence-corrected chi connectivity index (χ0v) is 7.46. The van der Waals surface area contributed by atoms with E-state index >= 15 is 0 Å². The molecule has 5 heteroatoms. The third kappa shape index (κ3) is 2.97. The SMILES string of the molecule is N[C@@H](Cc1ccc(O)cc1)C(O)(O)O. The zero-order valence-electron chi connectivity index (χ0n) is 7.46. The predicted molar refractivity (Wildman–Crippen MR) is 49.2 cm³/mol. The minimum Gasteiger partial charge on any atom is -0.508 e. The van der Waals surface area contributed by atoms with Crippen molar-refractivity contribution in [3.8, 4) is 5.75 Å². The highest BCUT2D eigenvalue weighted by Crippen LogP contribution is 2.13. The number of aliphatic hydroxyl groups is 3. The molecule has 0 aliphatic heterocycles. The molecule has 0 radical (unpaired) electrons. The minimum absolute atomic E-state index is 0.101. The van der Waals surface area contributed by atoms with E-state index in [0.29, 0.717) is 5.56 Å². The number of aromatic hydroxyl groups is 1. The van der Waals surface area contributed by atoms with E-state index in [0.717, 1.165) is 0 Å². The standard InChI is InChI=1S/C9H13NO4/c10-8(9(12,13)14)5-6-1-3-7(11)4-2-6/h1-4,8,11-14H,5,10H2/t8-/m0/s1. The van der Waals surface area contributed by atoms with Crippen molar-refractivity contribution in [3.05, 3.63) is 29.8 Å². The predicted octanol–water partition coefficient (Wildman–Crippen LogP) is -1.11. The van der Waals surface area contributed by atoms with Crippen molar-refractivity contribution >= 4 is 0 Å². The van der Waals surface area contributed by atoms with E-state index in [1.165, 1.54) is 12.1 Å². The molecule has 0 aliphatic rings. The van der Waals surface area contributed by atoms with E-state index in [1.807, 2.05) is 0 Å². The molecule has 0 fully saturated rings. The maximum absolute atomic E-state index is 8.97. The highest BCUT2D eigenvalue weighted by molar-refractivity contribution is 5.26. The normalized spacial score (nSPS) is 14.0. The second kappa shape index (κ2) is 3.93. The fourth-order valence-electron chi connectivity index (χ4n) is 1.02.